The molecule has 0 spiro atoms. The van der Waals surface area contributed by atoms with E-state index in [0.29, 0.717) is 32.0 Å². The Labute approximate surface area is 170 Å². The smallest absolute Gasteiger partial charge is 0.184 e. The SMILES string of the molecule is COCc1c(F)c(F)c(COCc2cc(C(=O)CCC3CCOC3)no2)c(F)c1F. The summed E-state index contributed by atoms with van der Waals surface area (Å²) >= 11 is 0. The van der Waals surface area contributed by atoms with Gasteiger partial charge >= 0.3 is 0 Å². The molecule has 10 heteroatoms. The molecule has 3 rings (SSSR count). The van der Waals surface area contributed by atoms with Crippen LogP contribution < -0.4 is 0 Å². The number of rotatable bonds is 10. The van der Waals surface area contributed by atoms with Gasteiger partial charge in [-0.1, -0.05) is 5.16 Å². The van der Waals surface area contributed by atoms with Gasteiger partial charge in [0.25, 0.3) is 0 Å². The first kappa shape index (κ1) is 22.4. The standard InChI is InChI=1S/C20H21F4NO5/c1-27-9-13-17(21)19(23)14(20(24)18(13)22)10-29-8-12-6-15(25-30-12)16(26)3-2-11-4-5-28-7-11/h6,11H,2-5,7-10H2,1H3. The Morgan fingerprint density at radius 1 is 1.10 bits per heavy atom. The zero-order chi connectivity index (χ0) is 21.7. The molecule has 1 atom stereocenters. The monoisotopic (exact) mass is 431 g/mol. The zero-order valence-corrected chi connectivity index (χ0v) is 16.3. The van der Waals surface area contributed by atoms with Crippen LogP contribution in [0.1, 0.15) is 46.6 Å². The molecule has 0 aliphatic carbocycles. The highest BCUT2D eigenvalue weighted by molar-refractivity contribution is 5.94. The van der Waals surface area contributed by atoms with Crippen molar-refractivity contribution >= 4 is 5.78 Å². The Kier molecular flexibility index (Phi) is 7.57. The molecular weight excluding hydrogens is 410 g/mol. The van der Waals surface area contributed by atoms with Crippen molar-refractivity contribution in [2.75, 3.05) is 20.3 Å². The summed E-state index contributed by atoms with van der Waals surface area (Å²) in [6.45, 7) is -0.307. The lowest BCUT2D eigenvalue weighted by Crippen LogP contribution is -2.10. The topological polar surface area (TPSA) is 70.8 Å². The van der Waals surface area contributed by atoms with Gasteiger partial charge in [-0.15, -0.1) is 0 Å². The lowest BCUT2D eigenvalue weighted by molar-refractivity contribution is 0.0826. The largest absolute Gasteiger partial charge is 0.381 e. The van der Waals surface area contributed by atoms with Crippen LogP contribution in [0.5, 0.6) is 0 Å². The van der Waals surface area contributed by atoms with Gasteiger partial charge in [0.1, 0.15) is 12.3 Å². The molecule has 1 saturated heterocycles. The number of Topliss-reactive ketones (excluding diaryl/α,β-unsaturated/α-hetero) is 1. The highest BCUT2D eigenvalue weighted by Crippen LogP contribution is 2.26. The number of carbonyl (C=O) groups is 1. The number of halogens is 4. The highest BCUT2D eigenvalue weighted by atomic mass is 19.2. The lowest BCUT2D eigenvalue weighted by atomic mass is 10.00. The minimum atomic E-state index is -1.55. The molecule has 0 amide bonds. The molecule has 30 heavy (non-hydrogen) atoms. The Morgan fingerprint density at radius 2 is 1.77 bits per heavy atom. The van der Waals surface area contributed by atoms with E-state index in [1.165, 1.54) is 6.07 Å². The number of methoxy groups -OCH3 is 1. The molecule has 164 valence electrons. The van der Waals surface area contributed by atoms with E-state index >= 15 is 0 Å². The van der Waals surface area contributed by atoms with E-state index in [9.17, 15) is 22.4 Å². The minimum Gasteiger partial charge on any atom is -0.381 e. The van der Waals surface area contributed by atoms with Crippen LogP contribution in [-0.4, -0.2) is 31.3 Å². The first-order chi connectivity index (χ1) is 14.4. The van der Waals surface area contributed by atoms with Crippen molar-refractivity contribution in [3.8, 4) is 0 Å². The molecule has 1 unspecified atom stereocenters. The fourth-order valence-electron chi connectivity index (χ4n) is 3.16. The summed E-state index contributed by atoms with van der Waals surface area (Å²) < 4.78 is 75.9. The van der Waals surface area contributed by atoms with Crippen LogP contribution in [0.4, 0.5) is 17.6 Å². The number of aromatic nitrogens is 1. The average molecular weight is 431 g/mol. The van der Waals surface area contributed by atoms with E-state index in [0.717, 1.165) is 13.5 Å². The van der Waals surface area contributed by atoms with Crippen LogP contribution in [0.2, 0.25) is 0 Å². The Balaban J connectivity index is 1.56. The van der Waals surface area contributed by atoms with Crippen molar-refractivity contribution in [1.29, 1.82) is 0 Å². The zero-order valence-electron chi connectivity index (χ0n) is 16.3. The molecular formula is C20H21F4NO5. The Bertz CT molecular complexity index is 867. The molecule has 0 radical (unpaired) electrons. The molecule has 1 aromatic heterocycles. The molecule has 2 heterocycles. The third-order valence-corrected chi connectivity index (χ3v) is 4.87. The van der Waals surface area contributed by atoms with Crippen molar-refractivity contribution in [3.05, 3.63) is 51.9 Å². The van der Waals surface area contributed by atoms with Crippen molar-refractivity contribution in [2.24, 2.45) is 5.92 Å². The molecule has 1 fully saturated rings. The second-order valence-electron chi connectivity index (χ2n) is 7.01. The molecule has 0 saturated carbocycles. The molecule has 1 aliphatic heterocycles. The minimum absolute atomic E-state index is 0.117. The van der Waals surface area contributed by atoms with Gasteiger partial charge in [0.15, 0.2) is 34.8 Å². The van der Waals surface area contributed by atoms with Gasteiger partial charge in [-0.25, -0.2) is 17.6 Å². The molecule has 2 aromatic rings. The van der Waals surface area contributed by atoms with Crippen molar-refractivity contribution in [1.82, 2.24) is 5.16 Å². The van der Waals surface area contributed by atoms with E-state index in [1.54, 1.807) is 0 Å². The quantitative estimate of drug-likeness (QED) is 0.321. The number of ketones is 1. The van der Waals surface area contributed by atoms with Crippen LogP contribution in [-0.2, 0) is 34.0 Å². The third kappa shape index (κ3) is 5.05. The maximum absolute atomic E-state index is 14.1. The van der Waals surface area contributed by atoms with Crippen molar-refractivity contribution in [3.63, 3.8) is 0 Å². The summed E-state index contributed by atoms with van der Waals surface area (Å²) in [5.74, 6) is -5.88. The highest BCUT2D eigenvalue weighted by Gasteiger charge is 2.25. The fourth-order valence-corrected chi connectivity index (χ4v) is 3.16. The number of nitrogens with zero attached hydrogens (tertiary/aromatic N) is 1. The summed E-state index contributed by atoms with van der Waals surface area (Å²) in [6, 6.07) is 1.36. The maximum Gasteiger partial charge on any atom is 0.184 e. The van der Waals surface area contributed by atoms with Gasteiger partial charge in [-0.3, -0.25) is 4.79 Å². The van der Waals surface area contributed by atoms with Crippen LogP contribution >= 0.6 is 0 Å². The molecule has 1 aliphatic rings. The van der Waals surface area contributed by atoms with Crippen molar-refractivity contribution < 1.29 is 41.1 Å². The van der Waals surface area contributed by atoms with Crippen molar-refractivity contribution in [2.45, 2.75) is 39.1 Å². The van der Waals surface area contributed by atoms with Gasteiger partial charge in [-0.05, 0) is 18.8 Å². The number of benzene rings is 1. The number of hydrogen-bond acceptors (Lipinski definition) is 6. The first-order valence-corrected chi connectivity index (χ1v) is 9.39. The summed E-state index contributed by atoms with van der Waals surface area (Å²) in [7, 11) is 1.14. The van der Waals surface area contributed by atoms with Gasteiger partial charge in [0, 0.05) is 32.8 Å². The predicted molar refractivity (Wildman–Crippen MR) is 94.5 cm³/mol. The van der Waals surface area contributed by atoms with Crippen LogP contribution in [0.25, 0.3) is 0 Å². The first-order valence-electron chi connectivity index (χ1n) is 9.39. The van der Waals surface area contributed by atoms with E-state index < -0.39 is 47.6 Å². The average Bonchev–Trinajstić information content (AvgIpc) is 3.42. The predicted octanol–water partition coefficient (Wildman–Crippen LogP) is 4.09. The summed E-state index contributed by atoms with van der Waals surface area (Å²) in [5.41, 5.74) is -1.61. The third-order valence-electron chi connectivity index (χ3n) is 4.87. The molecule has 0 N–H and O–H groups in total. The Morgan fingerprint density at radius 3 is 2.37 bits per heavy atom. The van der Waals surface area contributed by atoms with Crippen LogP contribution in [0, 0.1) is 29.2 Å². The van der Waals surface area contributed by atoms with E-state index in [1.807, 2.05) is 0 Å². The number of ether oxygens (including phenoxy) is 3. The molecule has 6 nitrogen and oxygen atoms in total. The van der Waals surface area contributed by atoms with Gasteiger partial charge in [0.2, 0.25) is 0 Å². The van der Waals surface area contributed by atoms with E-state index in [4.69, 9.17) is 14.0 Å². The maximum atomic E-state index is 14.1. The van der Waals surface area contributed by atoms with Crippen LogP contribution in [0.3, 0.4) is 0 Å². The number of carbonyl (C=O) groups excluding carboxylic acids is 1. The second-order valence-corrected chi connectivity index (χ2v) is 7.01. The van der Waals surface area contributed by atoms with Gasteiger partial charge in [0.05, 0.1) is 24.3 Å². The van der Waals surface area contributed by atoms with Gasteiger partial charge in [-0.2, -0.15) is 0 Å². The molecule has 0 bridgehead atoms. The van der Waals surface area contributed by atoms with E-state index in [2.05, 4.69) is 9.89 Å². The molecule has 1 aromatic carbocycles. The van der Waals surface area contributed by atoms with Gasteiger partial charge < -0.3 is 18.7 Å². The number of hydrogen-bond donors (Lipinski definition) is 0. The fraction of sp³-hybridized carbons (Fsp3) is 0.500. The van der Waals surface area contributed by atoms with E-state index in [-0.39, 0.29) is 23.8 Å². The summed E-state index contributed by atoms with van der Waals surface area (Å²) in [5, 5.41) is 3.66. The summed E-state index contributed by atoms with van der Waals surface area (Å²) in [6.07, 6.45) is 1.90. The van der Waals surface area contributed by atoms with Crippen LogP contribution in [0.15, 0.2) is 10.6 Å². The second kappa shape index (κ2) is 10.1. The Hall–Kier alpha value is -2.30. The summed E-state index contributed by atoms with van der Waals surface area (Å²) in [4.78, 5) is 12.2. The normalized spacial score (nSPS) is 16.4. The lowest BCUT2D eigenvalue weighted by Gasteiger charge is -2.11.